The van der Waals surface area contributed by atoms with Crippen LogP contribution in [0.15, 0.2) is 71.6 Å². The smallest absolute Gasteiger partial charge is 0.251 e. The molecule has 0 radical (unpaired) electrons. The molecule has 3 aromatic carbocycles. The van der Waals surface area contributed by atoms with Gasteiger partial charge in [0.25, 0.3) is 5.91 Å². The van der Waals surface area contributed by atoms with Gasteiger partial charge in [0.2, 0.25) is 5.91 Å². The fraction of sp³-hybridized carbons (Fsp3) is 0.130. The third-order valence-corrected chi connectivity index (χ3v) is 6.63. The lowest BCUT2D eigenvalue weighted by atomic mass is 10.1. The summed E-state index contributed by atoms with van der Waals surface area (Å²) in [5, 5.41) is 4.11. The molecule has 30 heavy (non-hydrogen) atoms. The van der Waals surface area contributed by atoms with Gasteiger partial charge in [-0.05, 0) is 41.5 Å². The topological polar surface area (TPSA) is 49.4 Å². The Balaban J connectivity index is 1.57. The Kier molecular flexibility index (Phi) is 6.32. The summed E-state index contributed by atoms with van der Waals surface area (Å²) in [6.45, 7) is 0.684. The molecule has 0 fully saturated rings. The summed E-state index contributed by atoms with van der Waals surface area (Å²) in [6.07, 6.45) is 0. The SMILES string of the molecule is O=C(NCc1ccccc1Cl)c1ccc2c(c1)N(Cc1ccccc1Cl)C(=O)CS2. The molecule has 1 aliphatic rings. The van der Waals surface area contributed by atoms with E-state index in [1.54, 1.807) is 29.2 Å². The molecule has 0 saturated carbocycles. The lowest BCUT2D eigenvalue weighted by molar-refractivity contribution is -0.116. The summed E-state index contributed by atoms with van der Waals surface area (Å²) in [6, 6.07) is 20.3. The van der Waals surface area contributed by atoms with Crippen molar-refractivity contribution >= 4 is 52.5 Å². The molecule has 0 spiro atoms. The maximum absolute atomic E-state index is 12.7. The van der Waals surface area contributed by atoms with Gasteiger partial charge in [0.05, 0.1) is 18.0 Å². The van der Waals surface area contributed by atoms with E-state index in [4.69, 9.17) is 23.2 Å². The Bertz CT molecular complexity index is 1120. The Hall–Kier alpha value is -2.47. The Morgan fingerprint density at radius 3 is 2.33 bits per heavy atom. The summed E-state index contributed by atoms with van der Waals surface area (Å²) in [4.78, 5) is 28.0. The second-order valence-corrected chi connectivity index (χ2v) is 8.65. The number of thioether (sulfide) groups is 1. The van der Waals surface area contributed by atoms with Crippen molar-refractivity contribution in [3.63, 3.8) is 0 Å². The summed E-state index contributed by atoms with van der Waals surface area (Å²) in [5.74, 6) is 0.120. The lowest BCUT2D eigenvalue weighted by Crippen LogP contribution is -2.35. The Morgan fingerprint density at radius 1 is 0.967 bits per heavy atom. The largest absolute Gasteiger partial charge is 0.348 e. The number of carbonyl (C=O) groups is 2. The first-order chi connectivity index (χ1) is 14.5. The normalized spacial score (nSPS) is 13.1. The van der Waals surface area contributed by atoms with Crippen LogP contribution in [0.25, 0.3) is 0 Å². The van der Waals surface area contributed by atoms with Crippen LogP contribution < -0.4 is 10.2 Å². The minimum absolute atomic E-state index is 0.0129. The van der Waals surface area contributed by atoms with Gasteiger partial charge in [0.1, 0.15) is 0 Å². The van der Waals surface area contributed by atoms with E-state index in [2.05, 4.69) is 5.32 Å². The van der Waals surface area contributed by atoms with Gasteiger partial charge in [-0.2, -0.15) is 0 Å². The number of hydrogen-bond donors (Lipinski definition) is 1. The van der Waals surface area contributed by atoms with Crippen LogP contribution >= 0.6 is 35.0 Å². The molecule has 3 aromatic rings. The van der Waals surface area contributed by atoms with Crippen LogP contribution in [0.5, 0.6) is 0 Å². The second kappa shape index (κ2) is 9.13. The molecule has 0 unspecified atom stereocenters. The average molecular weight is 457 g/mol. The van der Waals surface area contributed by atoms with E-state index >= 15 is 0 Å². The summed E-state index contributed by atoms with van der Waals surface area (Å²) in [7, 11) is 0. The third kappa shape index (κ3) is 4.48. The number of nitrogens with zero attached hydrogens (tertiary/aromatic N) is 1. The van der Waals surface area contributed by atoms with Gasteiger partial charge in [-0.25, -0.2) is 0 Å². The number of hydrogen-bond acceptors (Lipinski definition) is 3. The van der Waals surface area contributed by atoms with Crippen molar-refractivity contribution in [2.24, 2.45) is 0 Å². The first kappa shape index (κ1) is 20.8. The number of halogens is 2. The molecular formula is C23H18Cl2N2O2S. The molecule has 0 aliphatic carbocycles. The second-order valence-electron chi connectivity index (χ2n) is 6.82. The summed E-state index contributed by atoms with van der Waals surface area (Å²) >= 11 is 13.9. The maximum atomic E-state index is 12.7. The minimum atomic E-state index is -0.224. The highest BCUT2D eigenvalue weighted by Crippen LogP contribution is 2.37. The minimum Gasteiger partial charge on any atom is -0.348 e. The van der Waals surface area contributed by atoms with E-state index in [9.17, 15) is 9.59 Å². The quantitative estimate of drug-likeness (QED) is 0.546. The van der Waals surface area contributed by atoms with Crippen LogP contribution in [0.3, 0.4) is 0 Å². The molecule has 0 saturated heterocycles. The van der Waals surface area contributed by atoms with Crippen molar-refractivity contribution in [2.45, 2.75) is 18.0 Å². The zero-order valence-electron chi connectivity index (χ0n) is 15.9. The molecule has 4 nitrogen and oxygen atoms in total. The molecule has 152 valence electrons. The van der Waals surface area contributed by atoms with Crippen molar-refractivity contribution in [3.8, 4) is 0 Å². The molecule has 7 heteroatoms. The van der Waals surface area contributed by atoms with Gasteiger partial charge < -0.3 is 10.2 Å². The van der Waals surface area contributed by atoms with Crippen molar-refractivity contribution in [3.05, 3.63) is 93.5 Å². The first-order valence-electron chi connectivity index (χ1n) is 9.35. The van der Waals surface area contributed by atoms with Crippen LogP contribution in [-0.2, 0) is 17.9 Å². The molecule has 1 N–H and O–H groups in total. The Labute approximate surface area is 189 Å². The van der Waals surface area contributed by atoms with E-state index < -0.39 is 0 Å². The van der Waals surface area contributed by atoms with Crippen LogP contribution in [0.2, 0.25) is 10.0 Å². The van der Waals surface area contributed by atoms with E-state index in [1.165, 1.54) is 11.8 Å². The molecule has 0 aromatic heterocycles. The number of nitrogens with one attached hydrogen (secondary N) is 1. The van der Waals surface area contributed by atoms with Gasteiger partial charge in [-0.15, -0.1) is 11.8 Å². The number of amides is 2. The number of fused-ring (bicyclic) bond motifs is 1. The molecule has 2 amide bonds. The molecule has 0 bridgehead atoms. The van der Waals surface area contributed by atoms with Gasteiger partial charge in [0.15, 0.2) is 0 Å². The lowest BCUT2D eigenvalue weighted by Gasteiger charge is -2.29. The number of rotatable bonds is 5. The maximum Gasteiger partial charge on any atom is 0.251 e. The molecule has 4 rings (SSSR count). The van der Waals surface area contributed by atoms with Crippen molar-refractivity contribution < 1.29 is 9.59 Å². The summed E-state index contributed by atoms with van der Waals surface area (Å²) < 4.78 is 0. The van der Waals surface area contributed by atoms with Gasteiger partial charge in [-0.1, -0.05) is 59.6 Å². The van der Waals surface area contributed by atoms with Gasteiger partial charge >= 0.3 is 0 Å². The number of anilines is 1. The van der Waals surface area contributed by atoms with Gasteiger partial charge in [0, 0.05) is 27.0 Å². The fourth-order valence-corrected chi connectivity index (χ4v) is 4.55. The standard InChI is InChI=1S/C23H18Cl2N2O2S/c24-18-7-3-1-5-16(18)12-26-23(29)15-9-10-21-20(11-15)27(22(28)14-30-21)13-17-6-2-4-8-19(17)25/h1-11H,12-14H2,(H,26,29). The van der Waals surface area contributed by atoms with Crippen molar-refractivity contribution in [2.75, 3.05) is 10.7 Å². The van der Waals surface area contributed by atoms with E-state index in [0.29, 0.717) is 34.5 Å². The predicted octanol–water partition coefficient (Wildman–Crippen LogP) is 5.56. The van der Waals surface area contributed by atoms with Gasteiger partial charge in [-0.3, -0.25) is 9.59 Å². The van der Waals surface area contributed by atoms with Crippen LogP contribution in [0.4, 0.5) is 5.69 Å². The molecule has 0 atom stereocenters. The van der Waals surface area contributed by atoms with E-state index in [-0.39, 0.29) is 11.8 Å². The van der Waals surface area contributed by atoms with E-state index in [1.807, 2.05) is 42.5 Å². The van der Waals surface area contributed by atoms with E-state index in [0.717, 1.165) is 21.7 Å². The Morgan fingerprint density at radius 2 is 1.63 bits per heavy atom. The molecular weight excluding hydrogens is 439 g/mol. The fourth-order valence-electron chi connectivity index (χ4n) is 3.23. The zero-order chi connectivity index (χ0) is 21.1. The highest BCUT2D eigenvalue weighted by molar-refractivity contribution is 8.00. The number of benzene rings is 3. The average Bonchev–Trinajstić information content (AvgIpc) is 2.76. The zero-order valence-corrected chi connectivity index (χ0v) is 18.2. The summed E-state index contributed by atoms with van der Waals surface area (Å²) in [5.41, 5.74) is 2.91. The van der Waals surface area contributed by atoms with Crippen molar-refractivity contribution in [1.29, 1.82) is 0 Å². The molecule has 1 heterocycles. The predicted molar refractivity (Wildman–Crippen MR) is 122 cm³/mol. The first-order valence-corrected chi connectivity index (χ1v) is 11.1. The van der Waals surface area contributed by atoms with Crippen LogP contribution in [0.1, 0.15) is 21.5 Å². The van der Waals surface area contributed by atoms with Crippen LogP contribution in [-0.4, -0.2) is 17.6 Å². The highest BCUT2D eigenvalue weighted by Gasteiger charge is 2.26. The number of carbonyl (C=O) groups excluding carboxylic acids is 2. The van der Waals surface area contributed by atoms with Crippen LogP contribution in [0, 0.1) is 0 Å². The molecule has 1 aliphatic heterocycles. The highest BCUT2D eigenvalue weighted by atomic mass is 35.5. The van der Waals surface area contributed by atoms with Crippen molar-refractivity contribution in [1.82, 2.24) is 5.32 Å². The third-order valence-electron chi connectivity index (χ3n) is 4.85. The monoisotopic (exact) mass is 456 g/mol.